The smallest absolute Gasteiger partial charge is 0.271 e. The molecule has 174 valence electrons. The lowest BCUT2D eigenvalue weighted by molar-refractivity contribution is -0.384. The number of nitro groups is 1. The minimum atomic E-state index is -1.89. The van der Waals surface area contributed by atoms with Gasteiger partial charge in [-0.05, 0) is 24.7 Å². The Morgan fingerprint density at radius 2 is 1.84 bits per heavy atom. The zero-order valence-electron chi connectivity index (χ0n) is 17.4. The molecular formula is C19H27Cl3N4O4S. The Balaban J connectivity index is 2.70. The van der Waals surface area contributed by atoms with Gasteiger partial charge in [0.15, 0.2) is 5.11 Å². The number of carbonyl (C=O) groups excluding carboxylic acids is 1. The van der Waals surface area contributed by atoms with Crippen LogP contribution in [-0.4, -0.2) is 33.0 Å². The van der Waals surface area contributed by atoms with Crippen LogP contribution in [0.4, 0.5) is 11.4 Å². The second kappa shape index (κ2) is 13.8. The van der Waals surface area contributed by atoms with Gasteiger partial charge in [-0.1, -0.05) is 73.8 Å². The Hall–Kier alpha value is -1.55. The molecule has 0 spiro atoms. The lowest BCUT2D eigenvalue weighted by Crippen LogP contribution is -2.56. The zero-order valence-corrected chi connectivity index (χ0v) is 20.5. The number of amides is 1. The molecule has 0 fully saturated rings. The van der Waals surface area contributed by atoms with E-state index in [4.69, 9.17) is 51.8 Å². The number of non-ortho nitro benzene ring substituents is 1. The molecule has 3 N–H and O–H groups in total. The first kappa shape index (κ1) is 27.5. The Morgan fingerprint density at radius 1 is 1.19 bits per heavy atom. The Kier molecular flexibility index (Phi) is 12.2. The highest BCUT2D eigenvalue weighted by Crippen LogP contribution is 2.31. The van der Waals surface area contributed by atoms with Crippen molar-refractivity contribution in [3.05, 3.63) is 28.3 Å². The van der Waals surface area contributed by atoms with Crippen molar-refractivity contribution in [3.63, 3.8) is 0 Å². The van der Waals surface area contributed by atoms with Crippen molar-refractivity contribution in [1.29, 1.82) is 0 Å². The van der Waals surface area contributed by atoms with Gasteiger partial charge in [-0.2, -0.15) is 0 Å². The van der Waals surface area contributed by atoms with Gasteiger partial charge in [0, 0.05) is 18.6 Å². The molecule has 0 heterocycles. The Morgan fingerprint density at radius 3 is 2.42 bits per heavy atom. The highest BCUT2D eigenvalue weighted by atomic mass is 35.6. The summed E-state index contributed by atoms with van der Waals surface area (Å²) in [6.45, 7) is 2.14. The summed E-state index contributed by atoms with van der Waals surface area (Å²) in [7, 11) is 1.41. The summed E-state index contributed by atoms with van der Waals surface area (Å²) in [5.41, 5.74) is 0.0898. The quantitative estimate of drug-likeness (QED) is 0.0851. The van der Waals surface area contributed by atoms with Crippen LogP contribution in [0.2, 0.25) is 0 Å². The van der Waals surface area contributed by atoms with E-state index in [-0.39, 0.29) is 22.4 Å². The van der Waals surface area contributed by atoms with Gasteiger partial charge >= 0.3 is 0 Å². The number of nitro benzene ring substituents is 1. The molecule has 31 heavy (non-hydrogen) atoms. The van der Waals surface area contributed by atoms with Crippen LogP contribution >= 0.6 is 47.0 Å². The molecule has 1 amide bonds. The number of hydrogen-bond acceptors (Lipinski definition) is 5. The molecule has 1 atom stereocenters. The first-order valence-corrected chi connectivity index (χ1v) is 11.4. The number of ether oxygens (including phenoxy) is 1. The topological polar surface area (TPSA) is 106 Å². The number of anilines is 1. The molecular weight excluding hydrogens is 487 g/mol. The van der Waals surface area contributed by atoms with Gasteiger partial charge in [-0.25, -0.2) is 0 Å². The number of halogens is 3. The first-order valence-electron chi connectivity index (χ1n) is 9.84. The van der Waals surface area contributed by atoms with E-state index in [9.17, 15) is 14.9 Å². The standard InChI is InChI=1S/C19H27Cl3N4O4S/c1-3-4-5-6-7-8-9-16(27)24-17(19(20,21)22)25-18(31)23-14-12-13(26(28)29)10-11-15(14)30-2/h10-12,17H,3-9H2,1-2H3,(H,24,27)(H2,23,25,31). The molecule has 1 rings (SSSR count). The van der Waals surface area contributed by atoms with Crippen molar-refractivity contribution in [3.8, 4) is 5.75 Å². The van der Waals surface area contributed by atoms with Gasteiger partial charge < -0.3 is 20.7 Å². The number of nitrogens with zero attached hydrogens (tertiary/aromatic N) is 1. The van der Waals surface area contributed by atoms with Crippen molar-refractivity contribution in [2.75, 3.05) is 12.4 Å². The van der Waals surface area contributed by atoms with Crippen LogP contribution in [-0.2, 0) is 4.79 Å². The number of alkyl halides is 3. The van der Waals surface area contributed by atoms with Crippen molar-refractivity contribution in [2.24, 2.45) is 0 Å². The number of hydrogen-bond donors (Lipinski definition) is 3. The van der Waals surface area contributed by atoms with E-state index in [2.05, 4.69) is 22.9 Å². The number of benzene rings is 1. The van der Waals surface area contributed by atoms with Crippen LogP contribution in [0.1, 0.15) is 51.9 Å². The van der Waals surface area contributed by atoms with Crippen LogP contribution < -0.4 is 20.7 Å². The minimum absolute atomic E-state index is 0.0185. The SMILES string of the molecule is CCCCCCCCC(=O)NC(NC(=S)Nc1cc([N+](=O)[O-])ccc1OC)C(Cl)(Cl)Cl. The number of carbonyl (C=O) groups is 1. The zero-order chi connectivity index (χ0) is 23.4. The average molecular weight is 514 g/mol. The predicted molar refractivity (Wildman–Crippen MR) is 129 cm³/mol. The van der Waals surface area contributed by atoms with E-state index in [1.54, 1.807) is 0 Å². The maximum absolute atomic E-state index is 12.3. The number of rotatable bonds is 12. The third-order valence-corrected chi connectivity index (χ3v) is 5.18. The number of thiocarbonyl (C=S) groups is 1. The highest BCUT2D eigenvalue weighted by Gasteiger charge is 2.34. The lowest BCUT2D eigenvalue weighted by Gasteiger charge is -2.28. The normalized spacial score (nSPS) is 12.0. The van der Waals surface area contributed by atoms with Gasteiger partial charge in [-0.15, -0.1) is 0 Å². The second-order valence-corrected chi connectivity index (χ2v) is 9.58. The van der Waals surface area contributed by atoms with Crippen molar-refractivity contribution in [2.45, 2.75) is 61.8 Å². The number of nitrogens with one attached hydrogen (secondary N) is 3. The predicted octanol–water partition coefficient (Wildman–Crippen LogP) is 5.45. The molecule has 0 aliphatic carbocycles. The fourth-order valence-electron chi connectivity index (χ4n) is 2.70. The number of methoxy groups -OCH3 is 1. The van der Waals surface area contributed by atoms with Crippen LogP contribution in [0.3, 0.4) is 0 Å². The Bertz CT molecular complexity index is 762. The van der Waals surface area contributed by atoms with Crippen LogP contribution in [0.5, 0.6) is 5.75 Å². The van der Waals surface area contributed by atoms with Crippen molar-refractivity contribution in [1.82, 2.24) is 10.6 Å². The van der Waals surface area contributed by atoms with Gasteiger partial charge in [-0.3, -0.25) is 14.9 Å². The van der Waals surface area contributed by atoms with Crippen LogP contribution in [0, 0.1) is 10.1 Å². The molecule has 1 aromatic rings. The average Bonchev–Trinajstić information content (AvgIpc) is 2.69. The maximum Gasteiger partial charge on any atom is 0.271 e. The van der Waals surface area contributed by atoms with Crippen LogP contribution in [0.25, 0.3) is 0 Å². The monoisotopic (exact) mass is 512 g/mol. The fourth-order valence-corrected chi connectivity index (χ4v) is 3.25. The molecule has 8 nitrogen and oxygen atoms in total. The minimum Gasteiger partial charge on any atom is -0.495 e. The summed E-state index contributed by atoms with van der Waals surface area (Å²) in [6.07, 6.45) is 5.43. The van der Waals surface area contributed by atoms with Crippen molar-refractivity contribution < 1.29 is 14.5 Å². The lowest BCUT2D eigenvalue weighted by atomic mass is 10.1. The van der Waals surface area contributed by atoms with E-state index in [0.29, 0.717) is 12.2 Å². The summed E-state index contributed by atoms with van der Waals surface area (Å²) >= 11 is 23.2. The summed E-state index contributed by atoms with van der Waals surface area (Å²) in [5, 5.41) is 19.1. The third kappa shape index (κ3) is 10.5. The Labute approximate surface area is 202 Å². The van der Waals surface area contributed by atoms with Gasteiger partial charge in [0.25, 0.3) is 5.69 Å². The molecule has 0 radical (unpaired) electrons. The largest absolute Gasteiger partial charge is 0.495 e. The summed E-state index contributed by atoms with van der Waals surface area (Å²) in [4.78, 5) is 22.7. The van der Waals surface area contributed by atoms with Crippen LogP contribution in [0.15, 0.2) is 18.2 Å². The van der Waals surface area contributed by atoms with E-state index in [1.807, 2.05) is 0 Å². The molecule has 0 aromatic heterocycles. The van der Waals surface area contributed by atoms with Gasteiger partial charge in [0.1, 0.15) is 11.9 Å². The van der Waals surface area contributed by atoms with Gasteiger partial charge in [0.2, 0.25) is 9.70 Å². The first-order chi connectivity index (χ1) is 14.6. The van der Waals surface area contributed by atoms with E-state index < -0.39 is 14.9 Å². The molecule has 0 saturated carbocycles. The highest BCUT2D eigenvalue weighted by molar-refractivity contribution is 7.80. The third-order valence-electron chi connectivity index (χ3n) is 4.31. The van der Waals surface area contributed by atoms with E-state index >= 15 is 0 Å². The molecule has 0 aliphatic heterocycles. The molecule has 1 unspecified atom stereocenters. The fraction of sp³-hybridized carbons (Fsp3) is 0.579. The summed E-state index contributed by atoms with van der Waals surface area (Å²) < 4.78 is 3.28. The van der Waals surface area contributed by atoms with E-state index in [0.717, 1.165) is 32.1 Å². The molecule has 1 aromatic carbocycles. The second-order valence-electron chi connectivity index (χ2n) is 6.80. The molecule has 0 bridgehead atoms. The molecule has 0 aliphatic rings. The summed E-state index contributed by atoms with van der Waals surface area (Å²) in [6, 6.07) is 3.99. The van der Waals surface area contributed by atoms with Crippen molar-refractivity contribution >= 4 is 69.4 Å². The number of unbranched alkanes of at least 4 members (excludes halogenated alkanes) is 5. The maximum atomic E-state index is 12.3. The summed E-state index contributed by atoms with van der Waals surface area (Å²) in [5.74, 6) is 0.0438. The van der Waals surface area contributed by atoms with E-state index in [1.165, 1.54) is 31.7 Å². The molecule has 12 heteroatoms. The molecule has 0 saturated heterocycles. The van der Waals surface area contributed by atoms with Gasteiger partial charge in [0.05, 0.1) is 17.7 Å².